The molecule has 0 radical (unpaired) electrons. The second-order valence-electron chi connectivity index (χ2n) is 8.43. The molecule has 0 bridgehead atoms. The van der Waals surface area contributed by atoms with Crippen LogP contribution < -0.4 is 20.1 Å². The first-order valence-electron chi connectivity index (χ1n) is 11.1. The summed E-state index contributed by atoms with van der Waals surface area (Å²) in [4.78, 5) is 21.0. The van der Waals surface area contributed by atoms with Crippen molar-refractivity contribution < 1.29 is 14.3 Å². The molecule has 1 aromatic heterocycles. The Labute approximate surface area is 198 Å². The van der Waals surface area contributed by atoms with E-state index in [-0.39, 0.29) is 11.9 Å². The Morgan fingerprint density at radius 1 is 0.971 bits per heavy atom. The van der Waals surface area contributed by atoms with Gasteiger partial charge in [-0.25, -0.2) is 9.97 Å². The zero-order valence-corrected chi connectivity index (χ0v) is 19.6. The van der Waals surface area contributed by atoms with Gasteiger partial charge >= 0.3 is 0 Å². The van der Waals surface area contributed by atoms with Gasteiger partial charge < -0.3 is 20.1 Å². The number of fused-ring (bicyclic) bond motifs is 2. The lowest BCUT2D eigenvalue weighted by Gasteiger charge is -2.18. The molecule has 1 aliphatic rings. The van der Waals surface area contributed by atoms with Crippen LogP contribution in [0.3, 0.4) is 0 Å². The van der Waals surface area contributed by atoms with Crippen LogP contribution in [-0.2, 0) is 11.2 Å². The van der Waals surface area contributed by atoms with E-state index in [2.05, 4.69) is 57.9 Å². The fraction of sp³-hybridized carbons (Fsp3) is 0.222. The van der Waals surface area contributed by atoms with Gasteiger partial charge in [-0.15, -0.1) is 0 Å². The number of nitrogens with zero attached hydrogens (tertiary/aromatic N) is 2. The highest BCUT2D eigenvalue weighted by Crippen LogP contribution is 2.35. The minimum absolute atomic E-state index is 0.0109. The Kier molecular flexibility index (Phi) is 5.53. The molecule has 5 rings (SSSR count). The fourth-order valence-electron chi connectivity index (χ4n) is 4.37. The summed E-state index contributed by atoms with van der Waals surface area (Å²) >= 11 is 0. The smallest absolute Gasteiger partial charge is 0.228 e. The molecule has 0 spiro atoms. The quantitative estimate of drug-likeness (QED) is 0.412. The molecular weight excluding hydrogens is 428 g/mol. The molecular formula is C27H26N4O3. The van der Waals surface area contributed by atoms with Crippen LogP contribution in [0.1, 0.15) is 29.9 Å². The monoisotopic (exact) mass is 454 g/mol. The molecule has 0 saturated carbocycles. The van der Waals surface area contributed by atoms with Crippen LogP contribution in [-0.4, -0.2) is 30.1 Å². The van der Waals surface area contributed by atoms with Gasteiger partial charge in [0.25, 0.3) is 0 Å². The van der Waals surface area contributed by atoms with Crippen LogP contribution in [0.25, 0.3) is 22.0 Å². The Hall–Kier alpha value is -4.13. The van der Waals surface area contributed by atoms with Gasteiger partial charge in [-0.05, 0) is 60.4 Å². The number of nitrogens with one attached hydrogen (secondary N) is 2. The standard InChI is InChI=1S/C27H26N4O3/c1-15(28-27-21-13-24(33-3)25(34-4)14-23(21)29-16(2)30-27)17-6-5-7-18(10-17)19-8-9-22-20(11-19)12-26(32)31-22/h5-11,13-15H,12H2,1-4H3,(H,31,32)(H,28,29,30)/t15-/m1/s1. The SMILES string of the molecule is COc1cc2nc(C)nc(N[C@H](C)c3cccc(-c4ccc5c(c4)CC(=O)N5)c3)c2cc1OC. The van der Waals surface area contributed by atoms with Crippen molar-refractivity contribution >= 4 is 28.3 Å². The molecule has 1 aliphatic heterocycles. The highest BCUT2D eigenvalue weighted by molar-refractivity contribution is 5.99. The summed E-state index contributed by atoms with van der Waals surface area (Å²) in [5.41, 5.74) is 6.03. The van der Waals surface area contributed by atoms with Crippen molar-refractivity contribution in [3.63, 3.8) is 0 Å². The summed E-state index contributed by atoms with van der Waals surface area (Å²) < 4.78 is 10.9. The Bertz CT molecular complexity index is 1420. The number of hydrogen-bond donors (Lipinski definition) is 2. The number of methoxy groups -OCH3 is 2. The number of carbonyl (C=O) groups is 1. The lowest BCUT2D eigenvalue weighted by atomic mass is 9.98. The Morgan fingerprint density at radius 3 is 2.53 bits per heavy atom. The first-order valence-corrected chi connectivity index (χ1v) is 11.1. The molecule has 7 heteroatoms. The number of benzene rings is 3. The van der Waals surface area contributed by atoms with Gasteiger partial charge in [0, 0.05) is 23.2 Å². The van der Waals surface area contributed by atoms with E-state index in [0.29, 0.717) is 23.7 Å². The highest BCUT2D eigenvalue weighted by Gasteiger charge is 2.18. The average molecular weight is 455 g/mol. The minimum Gasteiger partial charge on any atom is -0.493 e. The van der Waals surface area contributed by atoms with Crippen molar-refractivity contribution in [1.82, 2.24) is 9.97 Å². The zero-order valence-electron chi connectivity index (χ0n) is 19.6. The molecule has 7 nitrogen and oxygen atoms in total. The summed E-state index contributed by atoms with van der Waals surface area (Å²) in [5.74, 6) is 2.71. The van der Waals surface area contributed by atoms with Crippen molar-refractivity contribution in [3.05, 3.63) is 71.5 Å². The molecule has 0 saturated heterocycles. The van der Waals surface area contributed by atoms with Crippen LogP contribution in [0.5, 0.6) is 11.5 Å². The number of rotatable bonds is 6. The predicted molar refractivity (Wildman–Crippen MR) is 134 cm³/mol. The molecule has 0 unspecified atom stereocenters. The number of aromatic nitrogens is 2. The van der Waals surface area contributed by atoms with Gasteiger partial charge in [-0.1, -0.05) is 24.3 Å². The van der Waals surface area contributed by atoms with Crippen LogP contribution in [0.15, 0.2) is 54.6 Å². The van der Waals surface area contributed by atoms with Crippen LogP contribution >= 0.6 is 0 Å². The first kappa shape index (κ1) is 21.7. The number of aryl methyl sites for hydroxylation is 1. The van der Waals surface area contributed by atoms with Gasteiger partial charge in [0.15, 0.2) is 11.5 Å². The molecule has 2 N–H and O–H groups in total. The third-order valence-electron chi connectivity index (χ3n) is 6.12. The van der Waals surface area contributed by atoms with Gasteiger partial charge in [0.2, 0.25) is 5.91 Å². The summed E-state index contributed by atoms with van der Waals surface area (Å²) in [6.45, 7) is 3.98. The van der Waals surface area contributed by atoms with E-state index in [1.807, 2.05) is 31.2 Å². The van der Waals surface area contributed by atoms with Crippen LogP contribution in [0, 0.1) is 6.92 Å². The third kappa shape index (κ3) is 4.01. The molecule has 0 aliphatic carbocycles. The second-order valence-corrected chi connectivity index (χ2v) is 8.43. The fourth-order valence-corrected chi connectivity index (χ4v) is 4.37. The zero-order chi connectivity index (χ0) is 23.8. The molecule has 3 aromatic carbocycles. The van der Waals surface area contributed by atoms with Gasteiger partial charge in [-0.2, -0.15) is 0 Å². The maximum atomic E-state index is 11.7. The molecule has 4 aromatic rings. The van der Waals surface area contributed by atoms with Gasteiger partial charge in [-0.3, -0.25) is 4.79 Å². The predicted octanol–water partition coefficient (Wildman–Crippen LogP) is 5.29. The molecule has 2 heterocycles. The van der Waals surface area contributed by atoms with Crippen molar-refractivity contribution in [2.75, 3.05) is 24.9 Å². The number of ether oxygens (including phenoxy) is 2. The average Bonchev–Trinajstić information content (AvgIpc) is 3.22. The minimum atomic E-state index is -0.0109. The topological polar surface area (TPSA) is 85.4 Å². The molecule has 172 valence electrons. The Balaban J connectivity index is 1.47. The van der Waals surface area contributed by atoms with E-state index in [9.17, 15) is 4.79 Å². The Morgan fingerprint density at radius 2 is 1.74 bits per heavy atom. The second kappa shape index (κ2) is 8.67. The number of amides is 1. The van der Waals surface area contributed by atoms with E-state index in [0.717, 1.165) is 44.7 Å². The van der Waals surface area contributed by atoms with E-state index in [4.69, 9.17) is 9.47 Å². The van der Waals surface area contributed by atoms with Crippen LogP contribution in [0.4, 0.5) is 11.5 Å². The molecule has 0 fully saturated rings. The molecule has 1 atom stereocenters. The summed E-state index contributed by atoms with van der Waals surface area (Å²) in [6, 6.07) is 18.3. The summed E-state index contributed by atoms with van der Waals surface area (Å²) in [6.07, 6.45) is 0.426. The number of anilines is 2. The summed E-state index contributed by atoms with van der Waals surface area (Å²) in [5, 5.41) is 7.31. The van der Waals surface area contributed by atoms with Gasteiger partial charge in [0.05, 0.1) is 26.2 Å². The third-order valence-corrected chi connectivity index (χ3v) is 6.12. The van der Waals surface area contributed by atoms with E-state index < -0.39 is 0 Å². The normalized spacial score (nSPS) is 13.4. The van der Waals surface area contributed by atoms with E-state index >= 15 is 0 Å². The number of carbonyl (C=O) groups excluding carboxylic acids is 1. The maximum Gasteiger partial charge on any atom is 0.228 e. The van der Waals surface area contributed by atoms with E-state index in [1.54, 1.807) is 14.2 Å². The van der Waals surface area contributed by atoms with Crippen molar-refractivity contribution in [1.29, 1.82) is 0 Å². The summed E-state index contributed by atoms with van der Waals surface area (Å²) in [7, 11) is 3.23. The maximum absolute atomic E-state index is 11.7. The highest BCUT2D eigenvalue weighted by atomic mass is 16.5. The van der Waals surface area contributed by atoms with Gasteiger partial charge in [0.1, 0.15) is 11.6 Å². The molecule has 1 amide bonds. The van der Waals surface area contributed by atoms with Crippen molar-refractivity contribution in [3.8, 4) is 22.6 Å². The van der Waals surface area contributed by atoms with Crippen molar-refractivity contribution in [2.24, 2.45) is 0 Å². The lowest BCUT2D eigenvalue weighted by Crippen LogP contribution is -2.10. The number of hydrogen-bond acceptors (Lipinski definition) is 6. The lowest BCUT2D eigenvalue weighted by molar-refractivity contribution is -0.115. The van der Waals surface area contributed by atoms with E-state index in [1.165, 1.54) is 0 Å². The van der Waals surface area contributed by atoms with Crippen LogP contribution in [0.2, 0.25) is 0 Å². The van der Waals surface area contributed by atoms with Crippen molar-refractivity contribution in [2.45, 2.75) is 26.3 Å². The molecule has 34 heavy (non-hydrogen) atoms. The first-order chi connectivity index (χ1) is 16.4. The largest absolute Gasteiger partial charge is 0.493 e.